The molecule has 2 rings (SSSR count). The first-order chi connectivity index (χ1) is 12.9. The van der Waals surface area contributed by atoms with Crippen molar-refractivity contribution in [3.8, 4) is 11.5 Å². The summed E-state index contributed by atoms with van der Waals surface area (Å²) in [5, 5.41) is 0. The van der Waals surface area contributed by atoms with E-state index < -0.39 is 11.4 Å². The molecule has 0 N–H and O–H groups in total. The minimum atomic E-state index is -0.774. The maximum Gasteiger partial charge on any atom is 0.338 e. The fourth-order valence-electron chi connectivity index (χ4n) is 2.46. The summed E-state index contributed by atoms with van der Waals surface area (Å²) in [7, 11) is 3.08. The second-order valence-electron chi connectivity index (χ2n) is 6.74. The summed E-state index contributed by atoms with van der Waals surface area (Å²) in [5.41, 5.74) is 0.376. The van der Waals surface area contributed by atoms with Crippen molar-refractivity contribution in [1.29, 1.82) is 0 Å². The van der Waals surface area contributed by atoms with Crippen molar-refractivity contribution in [2.75, 3.05) is 20.8 Å². The Morgan fingerprint density at radius 1 is 1.04 bits per heavy atom. The smallest absolute Gasteiger partial charge is 0.338 e. The summed E-state index contributed by atoms with van der Waals surface area (Å²) in [4.78, 5) is 12.0. The van der Waals surface area contributed by atoms with Crippen LogP contribution in [0.1, 0.15) is 36.2 Å². The van der Waals surface area contributed by atoms with E-state index in [0.29, 0.717) is 29.0 Å². The molecule has 0 saturated heterocycles. The lowest BCUT2D eigenvalue weighted by Crippen LogP contribution is -2.17. The Hall–Kier alpha value is -2.82. The second kappa shape index (κ2) is 9.21. The van der Waals surface area contributed by atoms with E-state index in [-0.39, 0.29) is 12.4 Å². The molecule has 0 aliphatic carbocycles. The van der Waals surface area contributed by atoms with E-state index in [0.717, 1.165) is 0 Å². The zero-order chi connectivity index (χ0) is 19.9. The number of methoxy groups -OCH3 is 2. The molecule has 0 amide bonds. The number of benzene rings is 2. The molecule has 0 radical (unpaired) electrons. The van der Waals surface area contributed by atoms with Gasteiger partial charge in [-0.05, 0) is 42.3 Å². The molecule has 0 bridgehead atoms. The summed E-state index contributed by atoms with van der Waals surface area (Å²) >= 11 is 0. The van der Waals surface area contributed by atoms with Gasteiger partial charge in [-0.25, -0.2) is 9.18 Å². The molecule has 5 heteroatoms. The van der Waals surface area contributed by atoms with Crippen molar-refractivity contribution in [2.24, 2.45) is 5.41 Å². The van der Waals surface area contributed by atoms with Crippen LogP contribution in [0.25, 0.3) is 6.08 Å². The van der Waals surface area contributed by atoms with Crippen LogP contribution in [0, 0.1) is 5.41 Å². The first-order valence-electron chi connectivity index (χ1n) is 8.69. The van der Waals surface area contributed by atoms with Crippen molar-refractivity contribution in [3.05, 3.63) is 65.5 Å². The van der Waals surface area contributed by atoms with E-state index in [1.807, 2.05) is 6.07 Å². The third kappa shape index (κ3) is 5.58. The number of carbonyl (C=O) groups is 1. The number of hydrogen-bond acceptors (Lipinski definition) is 4. The van der Waals surface area contributed by atoms with Crippen molar-refractivity contribution < 1.29 is 23.4 Å². The highest BCUT2D eigenvalue weighted by Gasteiger charge is 2.24. The average Bonchev–Trinajstić information content (AvgIpc) is 2.68. The Kier molecular flexibility index (Phi) is 6.99. The molecular formula is C22H25FO4. The largest absolute Gasteiger partial charge is 0.493 e. The van der Waals surface area contributed by atoms with Crippen LogP contribution in [-0.4, -0.2) is 26.8 Å². The third-order valence-corrected chi connectivity index (χ3v) is 4.32. The van der Waals surface area contributed by atoms with Crippen LogP contribution in [-0.2, 0) is 4.74 Å². The van der Waals surface area contributed by atoms with Crippen LogP contribution in [0.2, 0.25) is 0 Å². The predicted octanol–water partition coefficient (Wildman–Crippen LogP) is 5.29. The van der Waals surface area contributed by atoms with Crippen LogP contribution < -0.4 is 9.47 Å². The molecular weight excluding hydrogens is 347 g/mol. The molecule has 2 aromatic carbocycles. The average molecular weight is 372 g/mol. The summed E-state index contributed by atoms with van der Waals surface area (Å²) in [6.45, 7) is 3.68. The normalized spacial score (nSPS) is 11.8. The summed E-state index contributed by atoms with van der Waals surface area (Å²) in [6, 6.07) is 13.9. The van der Waals surface area contributed by atoms with Gasteiger partial charge in [-0.2, -0.15) is 0 Å². The number of ether oxygens (including phenoxy) is 3. The Balaban J connectivity index is 2.00. The van der Waals surface area contributed by atoms with E-state index in [1.165, 1.54) is 13.2 Å². The molecule has 144 valence electrons. The molecule has 4 nitrogen and oxygen atoms in total. The zero-order valence-corrected chi connectivity index (χ0v) is 16.1. The summed E-state index contributed by atoms with van der Waals surface area (Å²) < 4.78 is 30.5. The van der Waals surface area contributed by atoms with Crippen LogP contribution >= 0.6 is 0 Å². The van der Waals surface area contributed by atoms with Crippen molar-refractivity contribution in [2.45, 2.75) is 20.3 Å². The van der Waals surface area contributed by atoms with Gasteiger partial charge < -0.3 is 14.2 Å². The van der Waals surface area contributed by atoms with Gasteiger partial charge in [0.25, 0.3) is 0 Å². The summed E-state index contributed by atoms with van der Waals surface area (Å²) in [6.07, 6.45) is 1.82. The molecule has 0 aliphatic rings. The minimum Gasteiger partial charge on any atom is -0.493 e. The third-order valence-electron chi connectivity index (χ3n) is 4.32. The number of carbonyl (C=O) groups excluding carboxylic acids is 1. The quantitative estimate of drug-likeness (QED) is 0.591. The van der Waals surface area contributed by atoms with Crippen LogP contribution in [0.3, 0.4) is 0 Å². The lowest BCUT2D eigenvalue weighted by molar-refractivity contribution is 0.0463. The Labute approximate surface area is 159 Å². The van der Waals surface area contributed by atoms with E-state index >= 15 is 0 Å². The number of rotatable bonds is 8. The van der Waals surface area contributed by atoms with E-state index in [4.69, 9.17) is 14.2 Å². The number of esters is 1. The Morgan fingerprint density at radius 3 is 2.33 bits per heavy atom. The minimum absolute atomic E-state index is 0.133. The van der Waals surface area contributed by atoms with Crippen molar-refractivity contribution in [3.63, 3.8) is 0 Å². The molecule has 0 unspecified atom stereocenters. The van der Waals surface area contributed by atoms with Gasteiger partial charge in [0.15, 0.2) is 11.5 Å². The highest BCUT2D eigenvalue weighted by molar-refractivity contribution is 5.89. The molecule has 0 fully saturated rings. The van der Waals surface area contributed by atoms with E-state index in [1.54, 1.807) is 63.4 Å². The maximum absolute atomic E-state index is 14.8. The number of hydrogen-bond donors (Lipinski definition) is 0. The number of allylic oxidation sites excluding steroid dienone is 1. The van der Waals surface area contributed by atoms with Crippen molar-refractivity contribution >= 4 is 12.0 Å². The first kappa shape index (κ1) is 20.5. The molecule has 0 spiro atoms. The van der Waals surface area contributed by atoms with Crippen LogP contribution in [0.4, 0.5) is 4.39 Å². The maximum atomic E-state index is 14.8. The monoisotopic (exact) mass is 372 g/mol. The SMILES string of the molecule is COc1ccc(/C=C(\F)C(C)(C)CCOC(=O)c2ccccc2)cc1OC. The molecule has 0 saturated carbocycles. The molecule has 27 heavy (non-hydrogen) atoms. The van der Waals surface area contributed by atoms with Gasteiger partial charge in [-0.15, -0.1) is 0 Å². The van der Waals surface area contributed by atoms with Gasteiger partial charge in [0.1, 0.15) is 5.83 Å². The fourth-order valence-corrected chi connectivity index (χ4v) is 2.46. The van der Waals surface area contributed by atoms with Gasteiger partial charge in [0.05, 0.1) is 26.4 Å². The lowest BCUT2D eigenvalue weighted by atomic mass is 9.87. The molecule has 0 atom stereocenters. The highest BCUT2D eigenvalue weighted by atomic mass is 19.1. The summed E-state index contributed by atoms with van der Waals surface area (Å²) in [5.74, 6) is 0.414. The highest BCUT2D eigenvalue weighted by Crippen LogP contribution is 2.34. The molecule has 0 aromatic heterocycles. The topological polar surface area (TPSA) is 44.8 Å². The van der Waals surface area contributed by atoms with Gasteiger partial charge in [0.2, 0.25) is 0 Å². The van der Waals surface area contributed by atoms with Gasteiger partial charge in [-0.1, -0.05) is 38.1 Å². The Morgan fingerprint density at radius 2 is 1.70 bits per heavy atom. The van der Waals surface area contributed by atoms with Crippen molar-refractivity contribution in [1.82, 2.24) is 0 Å². The standard InChI is InChI=1S/C22H25FO4/c1-22(2,12-13-27-21(24)17-8-6-5-7-9-17)20(23)15-16-10-11-18(25-3)19(14-16)26-4/h5-11,14-15H,12-13H2,1-4H3/b20-15-. The lowest BCUT2D eigenvalue weighted by Gasteiger charge is -2.22. The molecule has 0 heterocycles. The number of halogens is 1. The Bertz CT molecular complexity index is 797. The molecule has 0 aliphatic heterocycles. The van der Waals surface area contributed by atoms with Gasteiger partial charge in [0, 0.05) is 5.41 Å². The van der Waals surface area contributed by atoms with Crippen LogP contribution in [0.15, 0.2) is 54.4 Å². The van der Waals surface area contributed by atoms with Crippen LogP contribution in [0.5, 0.6) is 11.5 Å². The van der Waals surface area contributed by atoms with Gasteiger partial charge >= 0.3 is 5.97 Å². The van der Waals surface area contributed by atoms with E-state index in [2.05, 4.69) is 0 Å². The van der Waals surface area contributed by atoms with E-state index in [9.17, 15) is 9.18 Å². The van der Waals surface area contributed by atoms with Gasteiger partial charge in [-0.3, -0.25) is 0 Å². The second-order valence-corrected chi connectivity index (χ2v) is 6.74. The zero-order valence-electron chi connectivity index (χ0n) is 16.1. The first-order valence-corrected chi connectivity index (χ1v) is 8.69. The molecule has 2 aromatic rings. The fraction of sp³-hybridized carbons (Fsp3) is 0.318. The predicted molar refractivity (Wildman–Crippen MR) is 104 cm³/mol.